The lowest BCUT2D eigenvalue weighted by Gasteiger charge is -2.25. The average molecular weight is 349 g/mol. The number of carbonyl (C=O) groups is 3. The van der Waals surface area contributed by atoms with Crippen molar-refractivity contribution in [2.24, 2.45) is 5.92 Å². The summed E-state index contributed by atoms with van der Waals surface area (Å²) in [6.45, 7) is 1.18. The van der Waals surface area contributed by atoms with Crippen molar-refractivity contribution >= 4 is 23.7 Å². The molecule has 0 saturated carbocycles. The molecule has 136 valence electrons. The number of pyridine rings is 1. The third-order valence-corrected chi connectivity index (χ3v) is 4.04. The SMILES string of the molecule is CNC(=O)c1cccc(N2CCN(C(=O)N(C)C)C[C@@H](C(=O)O)C2)n1. The number of rotatable bonds is 3. The van der Waals surface area contributed by atoms with E-state index in [0.29, 0.717) is 18.9 Å². The Morgan fingerprint density at radius 3 is 2.56 bits per heavy atom. The molecule has 1 atom stereocenters. The molecule has 1 saturated heterocycles. The number of carbonyl (C=O) groups excluding carboxylic acids is 2. The number of amides is 3. The van der Waals surface area contributed by atoms with Crippen LogP contribution in [0.25, 0.3) is 0 Å². The van der Waals surface area contributed by atoms with Gasteiger partial charge in [-0.1, -0.05) is 6.07 Å². The van der Waals surface area contributed by atoms with Crippen molar-refractivity contribution in [3.8, 4) is 0 Å². The average Bonchev–Trinajstić information content (AvgIpc) is 2.83. The van der Waals surface area contributed by atoms with Gasteiger partial charge in [0.05, 0.1) is 5.92 Å². The van der Waals surface area contributed by atoms with Crippen molar-refractivity contribution in [1.82, 2.24) is 20.1 Å². The van der Waals surface area contributed by atoms with E-state index in [1.807, 2.05) is 0 Å². The molecule has 25 heavy (non-hydrogen) atoms. The van der Waals surface area contributed by atoms with Crippen LogP contribution in [-0.4, -0.2) is 85.1 Å². The van der Waals surface area contributed by atoms with Gasteiger partial charge >= 0.3 is 12.0 Å². The van der Waals surface area contributed by atoms with Crippen LogP contribution in [0.1, 0.15) is 10.5 Å². The lowest BCUT2D eigenvalue weighted by Crippen LogP contribution is -2.43. The highest BCUT2D eigenvalue weighted by atomic mass is 16.4. The zero-order chi connectivity index (χ0) is 18.6. The second kappa shape index (κ2) is 7.82. The van der Waals surface area contributed by atoms with E-state index < -0.39 is 11.9 Å². The number of hydrogen-bond acceptors (Lipinski definition) is 5. The maximum absolute atomic E-state index is 12.2. The maximum Gasteiger partial charge on any atom is 0.319 e. The second-order valence-electron chi connectivity index (χ2n) is 6.06. The summed E-state index contributed by atoms with van der Waals surface area (Å²) in [6, 6.07) is 4.81. The van der Waals surface area contributed by atoms with Crippen LogP contribution in [0.4, 0.5) is 10.6 Å². The second-order valence-corrected chi connectivity index (χ2v) is 6.06. The third kappa shape index (κ3) is 4.37. The Balaban J connectivity index is 2.26. The molecule has 1 aliphatic heterocycles. The first-order valence-corrected chi connectivity index (χ1v) is 7.96. The minimum Gasteiger partial charge on any atom is -0.481 e. The normalized spacial score (nSPS) is 17.6. The predicted molar refractivity (Wildman–Crippen MR) is 91.6 cm³/mol. The number of anilines is 1. The highest BCUT2D eigenvalue weighted by Gasteiger charge is 2.31. The summed E-state index contributed by atoms with van der Waals surface area (Å²) in [5, 5.41) is 12.0. The minimum atomic E-state index is -0.967. The van der Waals surface area contributed by atoms with Crippen LogP contribution >= 0.6 is 0 Å². The summed E-state index contributed by atoms with van der Waals surface area (Å²) in [6.07, 6.45) is 0. The fourth-order valence-corrected chi connectivity index (χ4v) is 2.69. The molecule has 0 aliphatic carbocycles. The van der Waals surface area contributed by atoms with Gasteiger partial charge in [-0.3, -0.25) is 9.59 Å². The van der Waals surface area contributed by atoms with Gasteiger partial charge in [-0.15, -0.1) is 0 Å². The molecule has 0 bridgehead atoms. The smallest absolute Gasteiger partial charge is 0.319 e. The number of aromatic nitrogens is 1. The molecule has 0 unspecified atom stereocenters. The van der Waals surface area contributed by atoms with E-state index in [2.05, 4.69) is 10.3 Å². The van der Waals surface area contributed by atoms with Crippen molar-refractivity contribution in [1.29, 1.82) is 0 Å². The van der Waals surface area contributed by atoms with Crippen LogP contribution in [0.15, 0.2) is 18.2 Å². The topological polar surface area (TPSA) is 106 Å². The van der Waals surface area contributed by atoms with E-state index in [1.165, 1.54) is 16.8 Å². The molecular weight excluding hydrogens is 326 g/mol. The molecule has 2 N–H and O–H groups in total. The monoisotopic (exact) mass is 349 g/mol. The summed E-state index contributed by atoms with van der Waals surface area (Å²) >= 11 is 0. The van der Waals surface area contributed by atoms with Crippen LogP contribution in [0, 0.1) is 5.92 Å². The summed E-state index contributed by atoms with van der Waals surface area (Å²) < 4.78 is 0. The van der Waals surface area contributed by atoms with Gasteiger partial charge in [0.1, 0.15) is 11.5 Å². The highest BCUT2D eigenvalue weighted by Crippen LogP contribution is 2.18. The van der Waals surface area contributed by atoms with E-state index >= 15 is 0 Å². The first kappa shape index (κ1) is 18.5. The lowest BCUT2D eigenvalue weighted by atomic mass is 10.1. The summed E-state index contributed by atoms with van der Waals surface area (Å²) in [5.74, 6) is -1.50. The van der Waals surface area contributed by atoms with Crippen LogP contribution in [0.5, 0.6) is 0 Å². The van der Waals surface area contributed by atoms with Gasteiger partial charge in [0, 0.05) is 47.3 Å². The molecule has 0 spiro atoms. The fraction of sp³-hybridized carbons (Fsp3) is 0.500. The number of carboxylic acids is 1. The van der Waals surface area contributed by atoms with Gasteiger partial charge in [0.25, 0.3) is 5.91 Å². The molecule has 0 radical (unpaired) electrons. The van der Waals surface area contributed by atoms with Gasteiger partial charge in [0.2, 0.25) is 0 Å². The van der Waals surface area contributed by atoms with E-state index in [1.54, 1.807) is 37.2 Å². The molecular formula is C16H23N5O4. The van der Waals surface area contributed by atoms with Crippen molar-refractivity contribution in [2.45, 2.75) is 0 Å². The van der Waals surface area contributed by atoms with Crippen molar-refractivity contribution in [2.75, 3.05) is 52.2 Å². The van der Waals surface area contributed by atoms with Crippen LogP contribution < -0.4 is 10.2 Å². The van der Waals surface area contributed by atoms with Gasteiger partial charge in [-0.2, -0.15) is 0 Å². The molecule has 1 aromatic rings. The molecule has 2 rings (SSSR count). The highest BCUT2D eigenvalue weighted by molar-refractivity contribution is 5.92. The van der Waals surface area contributed by atoms with Crippen molar-refractivity contribution in [3.63, 3.8) is 0 Å². The standard InChI is InChI=1S/C16H23N5O4/c1-17-14(22)12-5-4-6-13(18-12)20-7-8-21(16(25)19(2)3)10-11(9-20)15(23)24/h4-6,11H,7-10H2,1-3H3,(H,17,22)(H,23,24)/t11-/m0/s1. The number of nitrogens with zero attached hydrogens (tertiary/aromatic N) is 4. The molecule has 9 nitrogen and oxygen atoms in total. The summed E-state index contributed by atoms with van der Waals surface area (Å²) in [7, 11) is 4.79. The summed E-state index contributed by atoms with van der Waals surface area (Å²) in [5.41, 5.74) is 0.261. The zero-order valence-corrected chi connectivity index (χ0v) is 14.6. The van der Waals surface area contributed by atoms with Crippen molar-refractivity contribution < 1.29 is 19.5 Å². The Hall–Kier alpha value is -2.84. The predicted octanol–water partition coefficient (Wildman–Crippen LogP) is -0.0544. The fourth-order valence-electron chi connectivity index (χ4n) is 2.69. The zero-order valence-electron chi connectivity index (χ0n) is 14.6. The molecule has 1 aromatic heterocycles. The van der Waals surface area contributed by atoms with E-state index in [4.69, 9.17) is 0 Å². The summed E-state index contributed by atoms with van der Waals surface area (Å²) in [4.78, 5) is 44.6. The third-order valence-electron chi connectivity index (χ3n) is 4.04. The van der Waals surface area contributed by atoms with Crippen molar-refractivity contribution in [3.05, 3.63) is 23.9 Å². The number of nitrogens with one attached hydrogen (secondary N) is 1. The first-order chi connectivity index (χ1) is 11.8. The van der Waals surface area contributed by atoms with Crippen LogP contribution in [0.3, 0.4) is 0 Å². The molecule has 9 heteroatoms. The maximum atomic E-state index is 12.2. The lowest BCUT2D eigenvalue weighted by molar-refractivity contribution is -0.141. The molecule has 3 amide bonds. The molecule has 2 heterocycles. The quantitative estimate of drug-likeness (QED) is 0.792. The van der Waals surface area contributed by atoms with Gasteiger partial charge in [-0.05, 0) is 12.1 Å². The Kier molecular flexibility index (Phi) is 5.79. The number of hydrogen-bond donors (Lipinski definition) is 2. The van der Waals surface area contributed by atoms with Gasteiger partial charge in [-0.25, -0.2) is 9.78 Å². The van der Waals surface area contributed by atoms with Crippen LogP contribution in [-0.2, 0) is 4.79 Å². The number of carboxylic acid groups (broad SMARTS) is 1. The van der Waals surface area contributed by atoms with Crippen LogP contribution in [0.2, 0.25) is 0 Å². The number of aliphatic carboxylic acids is 1. The molecule has 0 aromatic carbocycles. The minimum absolute atomic E-state index is 0.137. The molecule has 1 fully saturated rings. The van der Waals surface area contributed by atoms with Gasteiger partial charge < -0.3 is 25.1 Å². The Morgan fingerprint density at radius 2 is 1.96 bits per heavy atom. The Morgan fingerprint density at radius 1 is 1.24 bits per heavy atom. The largest absolute Gasteiger partial charge is 0.481 e. The van der Waals surface area contributed by atoms with E-state index in [9.17, 15) is 19.5 Å². The van der Waals surface area contributed by atoms with E-state index in [0.717, 1.165) is 0 Å². The Bertz CT molecular complexity index is 664. The number of urea groups is 1. The Labute approximate surface area is 146 Å². The first-order valence-electron chi connectivity index (χ1n) is 7.96. The van der Waals surface area contributed by atoms with E-state index in [-0.39, 0.29) is 30.7 Å². The molecule has 1 aliphatic rings. The van der Waals surface area contributed by atoms with Gasteiger partial charge in [0.15, 0.2) is 0 Å².